The summed E-state index contributed by atoms with van der Waals surface area (Å²) in [7, 11) is 1.87. The van der Waals surface area contributed by atoms with Gasteiger partial charge in [0.25, 0.3) is 5.24 Å². The predicted octanol–water partition coefficient (Wildman–Crippen LogP) is 4.33. The van der Waals surface area contributed by atoms with Crippen LogP contribution in [0.1, 0.15) is 5.56 Å². The minimum atomic E-state index is -0.470. The van der Waals surface area contributed by atoms with Crippen LogP contribution in [0.3, 0.4) is 0 Å². The molecule has 10 heteroatoms. The zero-order chi connectivity index (χ0) is 23.2. The lowest BCUT2D eigenvalue weighted by Gasteiger charge is -2.18. The van der Waals surface area contributed by atoms with Crippen molar-refractivity contribution in [1.82, 2.24) is 15.3 Å². The maximum absolute atomic E-state index is 11.7. The first-order valence-corrected chi connectivity index (χ1v) is 11.4. The molecule has 0 aliphatic carbocycles. The molecule has 2 heterocycles. The summed E-state index contributed by atoms with van der Waals surface area (Å²) in [6, 6.07) is 15.7. The number of amides is 1. The van der Waals surface area contributed by atoms with E-state index < -0.39 is 6.04 Å². The van der Waals surface area contributed by atoms with E-state index in [0.29, 0.717) is 47.9 Å². The second kappa shape index (κ2) is 10.5. The summed E-state index contributed by atoms with van der Waals surface area (Å²) >= 11 is 6.62. The van der Waals surface area contributed by atoms with Gasteiger partial charge < -0.3 is 19.7 Å². The van der Waals surface area contributed by atoms with Gasteiger partial charge in [-0.15, -0.1) is 0 Å². The summed E-state index contributed by atoms with van der Waals surface area (Å²) in [5.41, 5.74) is 0.950. The number of hydrogen-bond donors (Lipinski definition) is 1. The standard InChI is InChI=1S/C23H21ClN4O4S/c1-28(22-25-11-10-20(27-22)32-18-8-4-16(24)5-9-18)12-13-31-17-6-2-15(3-7-17)14-19-21(29)33-23(30)26-19/h2-11,19H,12-14H2,1H3,(H,26,30). The van der Waals surface area contributed by atoms with Gasteiger partial charge in [-0.25, -0.2) is 4.98 Å². The Balaban J connectivity index is 1.26. The normalized spacial score (nSPS) is 15.3. The van der Waals surface area contributed by atoms with Gasteiger partial charge in [0.15, 0.2) is 0 Å². The predicted molar refractivity (Wildman–Crippen MR) is 127 cm³/mol. The van der Waals surface area contributed by atoms with E-state index in [0.717, 1.165) is 17.3 Å². The van der Waals surface area contributed by atoms with Crippen molar-refractivity contribution in [3.8, 4) is 17.4 Å². The smallest absolute Gasteiger partial charge is 0.287 e. The van der Waals surface area contributed by atoms with Gasteiger partial charge in [-0.05, 0) is 42.0 Å². The molecule has 1 aromatic heterocycles. The lowest BCUT2D eigenvalue weighted by molar-refractivity contribution is -0.112. The molecule has 4 rings (SSSR count). The van der Waals surface area contributed by atoms with Crippen molar-refractivity contribution in [2.75, 3.05) is 25.1 Å². The summed E-state index contributed by atoms with van der Waals surface area (Å²) in [4.78, 5) is 33.6. The van der Waals surface area contributed by atoms with Gasteiger partial charge in [0.05, 0.1) is 6.54 Å². The van der Waals surface area contributed by atoms with Crippen LogP contribution in [0.15, 0.2) is 60.8 Å². The Morgan fingerprint density at radius 1 is 1.06 bits per heavy atom. The highest BCUT2D eigenvalue weighted by Crippen LogP contribution is 2.23. The molecule has 1 fully saturated rings. The van der Waals surface area contributed by atoms with E-state index in [1.807, 2.05) is 36.2 Å². The van der Waals surface area contributed by atoms with Crippen molar-refractivity contribution >= 4 is 39.7 Å². The Labute approximate surface area is 200 Å². The minimum absolute atomic E-state index is 0.145. The van der Waals surface area contributed by atoms with E-state index in [2.05, 4.69) is 15.3 Å². The van der Waals surface area contributed by atoms with Gasteiger partial charge in [-0.3, -0.25) is 9.59 Å². The largest absolute Gasteiger partial charge is 0.492 e. The van der Waals surface area contributed by atoms with Crippen LogP contribution in [0.2, 0.25) is 5.02 Å². The molecule has 33 heavy (non-hydrogen) atoms. The molecule has 0 saturated carbocycles. The molecule has 170 valence electrons. The molecular weight excluding hydrogens is 464 g/mol. The monoisotopic (exact) mass is 484 g/mol. The summed E-state index contributed by atoms with van der Waals surface area (Å²) in [5, 5.41) is 2.86. The molecule has 1 atom stereocenters. The average Bonchev–Trinajstić information content (AvgIpc) is 3.13. The number of anilines is 1. The summed E-state index contributed by atoms with van der Waals surface area (Å²) < 4.78 is 11.6. The number of rotatable bonds is 9. The van der Waals surface area contributed by atoms with Crippen molar-refractivity contribution in [3.05, 3.63) is 71.4 Å². The Bertz CT molecular complexity index is 1130. The number of halogens is 1. The second-order valence-corrected chi connectivity index (χ2v) is 8.69. The van der Waals surface area contributed by atoms with Crippen LogP contribution in [-0.4, -0.2) is 46.6 Å². The highest BCUT2D eigenvalue weighted by molar-refractivity contribution is 8.26. The molecule has 1 saturated heterocycles. The van der Waals surface area contributed by atoms with Gasteiger partial charge in [-0.1, -0.05) is 23.7 Å². The molecule has 2 aromatic carbocycles. The molecule has 1 unspecified atom stereocenters. The number of ether oxygens (including phenoxy) is 2. The SMILES string of the molecule is CN(CCOc1ccc(CC2NC(=O)SC2=O)cc1)c1nccc(Oc2ccc(Cl)cc2)n1. The maximum atomic E-state index is 11.7. The first-order chi connectivity index (χ1) is 16.0. The van der Waals surface area contributed by atoms with Crippen LogP contribution in [0.25, 0.3) is 0 Å². The van der Waals surface area contributed by atoms with Crippen molar-refractivity contribution < 1.29 is 19.1 Å². The van der Waals surface area contributed by atoms with Crippen molar-refractivity contribution in [1.29, 1.82) is 0 Å². The zero-order valence-corrected chi connectivity index (χ0v) is 19.3. The molecule has 1 N–H and O–H groups in total. The Morgan fingerprint density at radius 3 is 2.48 bits per heavy atom. The van der Waals surface area contributed by atoms with Gasteiger partial charge in [-0.2, -0.15) is 4.98 Å². The van der Waals surface area contributed by atoms with E-state index in [4.69, 9.17) is 21.1 Å². The number of carbonyl (C=O) groups excluding carboxylic acids is 2. The quantitative estimate of drug-likeness (QED) is 0.479. The fourth-order valence-electron chi connectivity index (χ4n) is 3.08. The fourth-order valence-corrected chi connectivity index (χ4v) is 3.88. The lowest BCUT2D eigenvalue weighted by atomic mass is 10.1. The van der Waals surface area contributed by atoms with Crippen molar-refractivity contribution in [2.45, 2.75) is 12.5 Å². The van der Waals surface area contributed by atoms with Crippen LogP contribution < -0.4 is 19.7 Å². The molecular formula is C23H21ClN4O4S. The molecule has 8 nitrogen and oxygen atoms in total. The third kappa shape index (κ3) is 6.36. The second-order valence-electron chi connectivity index (χ2n) is 7.27. The van der Waals surface area contributed by atoms with Gasteiger partial charge in [0.1, 0.15) is 24.1 Å². The third-order valence-electron chi connectivity index (χ3n) is 4.82. The van der Waals surface area contributed by atoms with Crippen molar-refractivity contribution in [3.63, 3.8) is 0 Å². The molecule has 1 aliphatic rings. The number of likely N-dealkylation sites (N-methyl/N-ethyl adjacent to an activating group) is 1. The number of nitrogens with one attached hydrogen (secondary N) is 1. The topological polar surface area (TPSA) is 93.7 Å². The van der Waals surface area contributed by atoms with Gasteiger partial charge >= 0.3 is 0 Å². The van der Waals surface area contributed by atoms with E-state index in [1.165, 1.54) is 0 Å². The Kier molecular flexibility index (Phi) is 7.31. The van der Waals surface area contributed by atoms with E-state index >= 15 is 0 Å². The zero-order valence-electron chi connectivity index (χ0n) is 17.7. The minimum Gasteiger partial charge on any atom is -0.492 e. The molecule has 1 aliphatic heterocycles. The van der Waals surface area contributed by atoms with E-state index in [-0.39, 0.29) is 10.4 Å². The Hall–Kier alpha value is -3.30. The maximum Gasteiger partial charge on any atom is 0.287 e. The number of benzene rings is 2. The van der Waals surface area contributed by atoms with Crippen LogP contribution >= 0.6 is 23.4 Å². The first kappa shape index (κ1) is 22.9. The average molecular weight is 485 g/mol. The molecule has 0 radical (unpaired) electrons. The lowest BCUT2D eigenvalue weighted by Crippen LogP contribution is -2.30. The van der Waals surface area contributed by atoms with Crippen LogP contribution in [0.5, 0.6) is 17.4 Å². The molecule has 0 spiro atoms. The Morgan fingerprint density at radius 2 is 1.79 bits per heavy atom. The highest BCUT2D eigenvalue weighted by Gasteiger charge is 2.31. The van der Waals surface area contributed by atoms with Gasteiger partial charge in [0.2, 0.25) is 16.9 Å². The molecule has 0 bridgehead atoms. The van der Waals surface area contributed by atoms with Crippen LogP contribution in [0.4, 0.5) is 10.7 Å². The summed E-state index contributed by atoms with van der Waals surface area (Å²) in [6.07, 6.45) is 2.10. The molecule has 3 aromatic rings. The highest BCUT2D eigenvalue weighted by atomic mass is 35.5. The van der Waals surface area contributed by atoms with Crippen molar-refractivity contribution in [2.24, 2.45) is 0 Å². The van der Waals surface area contributed by atoms with E-state index in [9.17, 15) is 9.59 Å². The number of hydrogen-bond acceptors (Lipinski definition) is 8. The van der Waals surface area contributed by atoms with Crippen LogP contribution in [-0.2, 0) is 11.2 Å². The third-order valence-corrected chi connectivity index (χ3v) is 5.86. The number of nitrogens with zero attached hydrogens (tertiary/aromatic N) is 3. The van der Waals surface area contributed by atoms with Gasteiger partial charge in [0, 0.05) is 42.5 Å². The summed E-state index contributed by atoms with van der Waals surface area (Å²) in [6.45, 7) is 0.987. The fraction of sp³-hybridized carbons (Fsp3) is 0.217. The molecule has 1 amide bonds. The van der Waals surface area contributed by atoms with E-state index in [1.54, 1.807) is 36.5 Å². The first-order valence-electron chi connectivity index (χ1n) is 10.2. The number of thioether (sulfide) groups is 1. The van der Waals surface area contributed by atoms with Crippen LogP contribution in [0, 0.1) is 0 Å². The summed E-state index contributed by atoms with van der Waals surface area (Å²) in [5.74, 6) is 2.29. The number of carbonyl (C=O) groups is 2. The number of aromatic nitrogens is 2.